The van der Waals surface area contributed by atoms with Crippen molar-refractivity contribution in [1.82, 2.24) is 14.2 Å². The zero-order valence-corrected chi connectivity index (χ0v) is 17.1. The zero-order valence-electron chi connectivity index (χ0n) is 15.5. The van der Waals surface area contributed by atoms with Crippen LogP contribution in [0, 0.1) is 26.2 Å². The quantitative estimate of drug-likeness (QED) is 0.359. The van der Waals surface area contributed by atoms with Crippen molar-refractivity contribution in [2.24, 2.45) is 5.10 Å². The van der Waals surface area contributed by atoms with Gasteiger partial charge in [-0.15, -0.1) is 6.42 Å². The summed E-state index contributed by atoms with van der Waals surface area (Å²) in [5.74, 6) is 3.23. The van der Waals surface area contributed by atoms with E-state index in [2.05, 4.69) is 36.5 Å². The van der Waals surface area contributed by atoms with Gasteiger partial charge in [0.1, 0.15) is 5.82 Å². The average Bonchev–Trinajstić information content (AvgIpc) is 2.95. The second-order valence-corrected chi connectivity index (χ2v) is 7.40. The summed E-state index contributed by atoms with van der Waals surface area (Å²) < 4.78 is 4.23. The van der Waals surface area contributed by atoms with Crippen LogP contribution in [0.5, 0.6) is 0 Å². The van der Waals surface area contributed by atoms with Crippen molar-refractivity contribution in [2.45, 2.75) is 20.4 Å². The third-order valence-corrected chi connectivity index (χ3v) is 5.29. The van der Waals surface area contributed by atoms with Gasteiger partial charge in [-0.05, 0) is 38.1 Å². The third kappa shape index (κ3) is 2.94. The average molecular weight is 433 g/mol. The fourth-order valence-corrected chi connectivity index (χ4v) is 3.79. The molecule has 0 aliphatic carbocycles. The molecule has 0 spiro atoms. The molecule has 4 aromatic rings. The minimum Gasteiger partial charge on any atom is -0.333 e. The fourth-order valence-electron chi connectivity index (χ4n) is 3.43. The van der Waals surface area contributed by atoms with Crippen LogP contribution in [0.25, 0.3) is 21.8 Å². The number of fused-ring (bicyclic) bond motifs is 2. The van der Waals surface area contributed by atoms with Crippen LogP contribution in [0.1, 0.15) is 17.1 Å². The maximum absolute atomic E-state index is 12.9. The minimum atomic E-state index is -0.204. The molecule has 0 saturated heterocycles. The molecule has 0 atom stereocenters. The van der Waals surface area contributed by atoms with Gasteiger partial charge in [0.05, 0.1) is 23.7 Å². The SMILES string of the molecule is C#CCn1c(C)c(C=Nn2c(C)nc3ccc(Br)cc3c2=O)c2ccccc21. The summed E-state index contributed by atoms with van der Waals surface area (Å²) in [7, 11) is 0. The van der Waals surface area contributed by atoms with Crippen molar-refractivity contribution < 1.29 is 0 Å². The predicted molar refractivity (Wildman–Crippen MR) is 117 cm³/mol. The standard InChI is InChI=1S/C22H17BrN4O/c1-4-11-26-14(2)19(17-7-5-6-8-21(17)26)13-24-27-15(3)25-20-10-9-16(23)12-18(20)22(27)28/h1,5-10,12-13H,11H2,2-3H3. The number of hydrogen-bond acceptors (Lipinski definition) is 3. The van der Waals surface area contributed by atoms with Crippen LogP contribution in [0.4, 0.5) is 0 Å². The molecule has 4 rings (SSSR count). The van der Waals surface area contributed by atoms with E-state index in [-0.39, 0.29) is 5.56 Å². The monoisotopic (exact) mass is 432 g/mol. The second kappa shape index (κ2) is 7.10. The molecule has 6 heteroatoms. The number of hydrogen-bond donors (Lipinski definition) is 0. The van der Waals surface area contributed by atoms with E-state index < -0.39 is 0 Å². The first kappa shape index (κ1) is 18.2. The second-order valence-electron chi connectivity index (χ2n) is 6.49. The largest absolute Gasteiger partial charge is 0.333 e. The first-order valence-electron chi connectivity index (χ1n) is 8.76. The molecule has 2 heterocycles. The molecule has 2 aromatic heterocycles. The number of halogens is 1. The Kier molecular flexibility index (Phi) is 4.62. The van der Waals surface area contributed by atoms with E-state index >= 15 is 0 Å². The smallest absolute Gasteiger partial charge is 0.282 e. The third-order valence-electron chi connectivity index (χ3n) is 4.80. The topological polar surface area (TPSA) is 52.2 Å². The van der Waals surface area contributed by atoms with Gasteiger partial charge >= 0.3 is 0 Å². The Hall–Kier alpha value is -3.17. The summed E-state index contributed by atoms with van der Waals surface area (Å²) >= 11 is 3.41. The zero-order chi connectivity index (χ0) is 19.8. The van der Waals surface area contributed by atoms with E-state index in [1.807, 2.05) is 43.3 Å². The van der Waals surface area contributed by atoms with E-state index in [0.717, 1.165) is 26.6 Å². The van der Waals surface area contributed by atoms with Crippen molar-refractivity contribution in [1.29, 1.82) is 0 Å². The molecule has 0 saturated carbocycles. The van der Waals surface area contributed by atoms with Crippen molar-refractivity contribution in [3.8, 4) is 12.3 Å². The molecule has 0 radical (unpaired) electrons. The van der Waals surface area contributed by atoms with E-state index in [9.17, 15) is 4.79 Å². The van der Waals surface area contributed by atoms with E-state index in [4.69, 9.17) is 6.42 Å². The van der Waals surface area contributed by atoms with Crippen LogP contribution in [-0.2, 0) is 6.54 Å². The molecule has 0 N–H and O–H groups in total. The highest BCUT2D eigenvalue weighted by atomic mass is 79.9. The van der Waals surface area contributed by atoms with Gasteiger partial charge in [0.2, 0.25) is 0 Å². The van der Waals surface area contributed by atoms with E-state index in [0.29, 0.717) is 23.3 Å². The summed E-state index contributed by atoms with van der Waals surface area (Å²) in [6, 6.07) is 13.5. The van der Waals surface area contributed by atoms with Gasteiger partial charge in [0.25, 0.3) is 5.56 Å². The first-order valence-corrected chi connectivity index (χ1v) is 9.55. The molecule has 0 amide bonds. The van der Waals surface area contributed by atoms with Crippen LogP contribution < -0.4 is 5.56 Å². The van der Waals surface area contributed by atoms with Crippen molar-refractivity contribution in [3.05, 3.63) is 74.4 Å². The Morgan fingerprint density at radius 1 is 1.21 bits per heavy atom. The summed E-state index contributed by atoms with van der Waals surface area (Å²) in [5, 5.41) is 6.04. The van der Waals surface area contributed by atoms with Gasteiger partial charge in [-0.25, -0.2) is 4.98 Å². The predicted octanol–water partition coefficient (Wildman–Crippen LogP) is 4.25. The molecule has 0 aliphatic heterocycles. The maximum atomic E-state index is 12.9. The van der Waals surface area contributed by atoms with Crippen LogP contribution in [0.3, 0.4) is 0 Å². The van der Waals surface area contributed by atoms with Gasteiger partial charge < -0.3 is 4.57 Å². The van der Waals surface area contributed by atoms with Crippen LogP contribution in [-0.4, -0.2) is 20.4 Å². The normalized spacial score (nSPS) is 11.5. The number of aromatic nitrogens is 3. The van der Waals surface area contributed by atoms with Crippen LogP contribution in [0.15, 0.2) is 56.8 Å². The maximum Gasteiger partial charge on any atom is 0.282 e. The first-order chi connectivity index (χ1) is 13.5. The van der Waals surface area contributed by atoms with Crippen molar-refractivity contribution in [3.63, 3.8) is 0 Å². The van der Waals surface area contributed by atoms with Gasteiger partial charge in [0.15, 0.2) is 0 Å². The highest BCUT2D eigenvalue weighted by molar-refractivity contribution is 9.10. The Balaban J connectivity index is 1.90. The highest BCUT2D eigenvalue weighted by Crippen LogP contribution is 2.24. The van der Waals surface area contributed by atoms with Crippen LogP contribution in [0.2, 0.25) is 0 Å². The lowest BCUT2D eigenvalue weighted by atomic mass is 10.1. The molecule has 0 unspecified atom stereocenters. The van der Waals surface area contributed by atoms with Crippen molar-refractivity contribution in [2.75, 3.05) is 0 Å². The summed E-state index contributed by atoms with van der Waals surface area (Å²) in [6.07, 6.45) is 7.25. The Morgan fingerprint density at radius 2 is 2.00 bits per heavy atom. The molecule has 0 fully saturated rings. The number of rotatable bonds is 3. The minimum absolute atomic E-state index is 0.204. The lowest BCUT2D eigenvalue weighted by Crippen LogP contribution is -2.20. The lowest BCUT2D eigenvalue weighted by molar-refractivity contribution is 0.770. The number of aryl methyl sites for hydroxylation is 1. The number of nitrogens with zero attached hydrogens (tertiary/aromatic N) is 4. The summed E-state index contributed by atoms with van der Waals surface area (Å²) in [5.41, 5.74) is 3.43. The molecule has 5 nitrogen and oxygen atoms in total. The molecule has 28 heavy (non-hydrogen) atoms. The Labute approximate surface area is 170 Å². The molecular formula is C22H17BrN4O. The summed E-state index contributed by atoms with van der Waals surface area (Å²) in [4.78, 5) is 17.4. The Bertz CT molecular complexity index is 1360. The van der Waals surface area contributed by atoms with Gasteiger partial charge in [0, 0.05) is 26.6 Å². The Morgan fingerprint density at radius 3 is 2.79 bits per heavy atom. The molecule has 2 aromatic carbocycles. The van der Waals surface area contributed by atoms with Gasteiger partial charge in [-0.1, -0.05) is 40.0 Å². The number of para-hydroxylation sites is 1. The molecular weight excluding hydrogens is 416 g/mol. The van der Waals surface area contributed by atoms with Gasteiger partial charge in [-0.2, -0.15) is 9.78 Å². The molecule has 0 aliphatic rings. The van der Waals surface area contributed by atoms with Crippen LogP contribution >= 0.6 is 15.9 Å². The van der Waals surface area contributed by atoms with E-state index in [1.54, 1.807) is 19.2 Å². The fraction of sp³-hybridized carbons (Fsp3) is 0.136. The molecule has 0 bridgehead atoms. The van der Waals surface area contributed by atoms with Crippen molar-refractivity contribution >= 4 is 44.0 Å². The van der Waals surface area contributed by atoms with E-state index in [1.165, 1.54) is 4.68 Å². The number of benzene rings is 2. The molecule has 138 valence electrons. The highest BCUT2D eigenvalue weighted by Gasteiger charge is 2.12. The number of terminal acetylenes is 1. The van der Waals surface area contributed by atoms with Gasteiger partial charge in [-0.3, -0.25) is 4.79 Å². The lowest BCUT2D eigenvalue weighted by Gasteiger charge is -2.06. The summed E-state index contributed by atoms with van der Waals surface area (Å²) in [6.45, 7) is 4.25.